The van der Waals surface area contributed by atoms with Crippen LogP contribution in [-0.4, -0.2) is 24.1 Å². The Morgan fingerprint density at radius 2 is 0.810 bits per heavy atom. The van der Waals surface area contributed by atoms with E-state index in [0.717, 1.165) is 88.6 Å². The predicted octanol–water partition coefficient (Wildman–Crippen LogP) is 14.6. The Balaban J connectivity index is 0.974. The standard InChI is InChI=1S/C57H35N5O/c1-4-16-36(17-5-1)55-58-56(37-18-6-2-7-19-37)60-57(59-55)39-20-14-23-41(34-39)61-49-28-12-11-25-44(49)48-35-38(30-33-51(48)61)42-26-15-27-46-47-32-31-45-43-24-10-13-29-50(43)62(40-21-8-3-9-22-40)52(45)54(47)63-53(42)46/h1-35H. The third-order valence-electron chi connectivity index (χ3n) is 12.4. The fourth-order valence-corrected chi connectivity index (χ4v) is 9.52. The first-order chi connectivity index (χ1) is 31.2. The SMILES string of the molecule is c1ccc(-c2nc(-c3ccccc3)nc(-c3cccc(-n4c5ccccc5c5cc(-c6cccc7c6oc6c7ccc7c8ccccc8n(-c8ccccc8)c76)ccc54)c3)n2)cc1. The molecule has 0 radical (unpaired) electrons. The third kappa shape index (κ3) is 5.55. The highest BCUT2D eigenvalue weighted by molar-refractivity contribution is 6.23. The van der Waals surface area contributed by atoms with Crippen molar-refractivity contribution in [2.75, 3.05) is 0 Å². The van der Waals surface area contributed by atoms with E-state index in [2.05, 4.69) is 161 Å². The Bertz CT molecular complexity index is 3850. The Morgan fingerprint density at radius 1 is 0.302 bits per heavy atom. The van der Waals surface area contributed by atoms with E-state index in [1.165, 1.54) is 16.2 Å². The summed E-state index contributed by atoms with van der Waals surface area (Å²) < 4.78 is 11.8. The molecular formula is C57H35N5O. The van der Waals surface area contributed by atoms with E-state index in [9.17, 15) is 0 Å². The summed E-state index contributed by atoms with van der Waals surface area (Å²) in [4.78, 5) is 15.0. The summed E-state index contributed by atoms with van der Waals surface area (Å²) >= 11 is 0. The van der Waals surface area contributed by atoms with Crippen molar-refractivity contribution in [2.24, 2.45) is 0 Å². The van der Waals surface area contributed by atoms with Gasteiger partial charge < -0.3 is 13.6 Å². The van der Waals surface area contributed by atoms with Gasteiger partial charge in [-0.2, -0.15) is 0 Å². The maximum atomic E-state index is 7.10. The first kappa shape index (κ1) is 35.2. The maximum Gasteiger partial charge on any atom is 0.164 e. The van der Waals surface area contributed by atoms with Gasteiger partial charge in [0.2, 0.25) is 0 Å². The van der Waals surface area contributed by atoms with Crippen molar-refractivity contribution < 1.29 is 4.42 Å². The molecule has 0 aliphatic carbocycles. The summed E-state index contributed by atoms with van der Waals surface area (Å²) in [6, 6.07) is 74.3. The van der Waals surface area contributed by atoms with Crippen LogP contribution in [0.3, 0.4) is 0 Å². The van der Waals surface area contributed by atoms with E-state index in [4.69, 9.17) is 19.4 Å². The molecular weight excluding hydrogens is 771 g/mol. The minimum atomic E-state index is 0.618. The number of benzene rings is 9. The van der Waals surface area contributed by atoms with E-state index in [-0.39, 0.29) is 0 Å². The molecule has 13 aromatic rings. The lowest BCUT2D eigenvalue weighted by atomic mass is 10.00. The van der Waals surface area contributed by atoms with Gasteiger partial charge in [0.1, 0.15) is 5.58 Å². The average Bonchev–Trinajstić information content (AvgIpc) is 4.02. The molecule has 0 N–H and O–H groups in total. The number of furan rings is 1. The Kier molecular flexibility index (Phi) is 7.80. The van der Waals surface area contributed by atoms with Gasteiger partial charge in [0.25, 0.3) is 0 Å². The third-order valence-corrected chi connectivity index (χ3v) is 12.4. The molecule has 13 rings (SSSR count). The average molecular weight is 806 g/mol. The molecule has 0 unspecified atom stereocenters. The highest BCUT2D eigenvalue weighted by atomic mass is 16.3. The molecule has 4 heterocycles. The van der Waals surface area contributed by atoms with Crippen molar-refractivity contribution in [3.63, 3.8) is 0 Å². The van der Waals surface area contributed by atoms with Gasteiger partial charge in [-0.1, -0.05) is 158 Å². The first-order valence-corrected chi connectivity index (χ1v) is 21.2. The second kappa shape index (κ2) is 14.0. The van der Waals surface area contributed by atoms with Crippen LogP contribution in [0.1, 0.15) is 0 Å². The molecule has 0 saturated heterocycles. The largest absolute Gasteiger partial charge is 0.453 e. The molecule has 6 heteroatoms. The van der Waals surface area contributed by atoms with Crippen LogP contribution in [0, 0.1) is 0 Å². The first-order valence-electron chi connectivity index (χ1n) is 21.2. The van der Waals surface area contributed by atoms with Crippen molar-refractivity contribution >= 4 is 65.6 Å². The molecule has 6 nitrogen and oxygen atoms in total. The summed E-state index contributed by atoms with van der Waals surface area (Å²) in [6.07, 6.45) is 0. The maximum absolute atomic E-state index is 7.10. The summed E-state index contributed by atoms with van der Waals surface area (Å²) in [7, 11) is 0. The van der Waals surface area contributed by atoms with Gasteiger partial charge in [0.15, 0.2) is 23.1 Å². The molecule has 63 heavy (non-hydrogen) atoms. The number of aromatic nitrogens is 5. The molecule has 0 aliphatic heterocycles. The highest BCUT2D eigenvalue weighted by Gasteiger charge is 2.22. The highest BCUT2D eigenvalue weighted by Crippen LogP contribution is 2.44. The van der Waals surface area contributed by atoms with Gasteiger partial charge in [-0.25, -0.2) is 15.0 Å². The summed E-state index contributed by atoms with van der Waals surface area (Å²) in [5.74, 6) is 1.89. The smallest absolute Gasteiger partial charge is 0.164 e. The van der Waals surface area contributed by atoms with Crippen LogP contribution in [-0.2, 0) is 0 Å². The van der Waals surface area contributed by atoms with Gasteiger partial charge in [-0.15, -0.1) is 0 Å². The molecule has 0 saturated carbocycles. The molecule has 0 spiro atoms. The summed E-state index contributed by atoms with van der Waals surface area (Å²) in [5, 5.41) is 6.90. The Morgan fingerprint density at radius 3 is 1.52 bits per heavy atom. The molecule has 4 aromatic heterocycles. The molecule has 0 fully saturated rings. The quantitative estimate of drug-likeness (QED) is 0.168. The fourth-order valence-electron chi connectivity index (χ4n) is 9.52. The van der Waals surface area contributed by atoms with Crippen LogP contribution in [0.2, 0.25) is 0 Å². The normalized spacial score (nSPS) is 11.8. The lowest BCUT2D eigenvalue weighted by Gasteiger charge is -2.12. The number of fused-ring (bicyclic) bond motifs is 10. The zero-order chi connectivity index (χ0) is 41.4. The summed E-state index contributed by atoms with van der Waals surface area (Å²) in [6.45, 7) is 0. The number of nitrogens with zero attached hydrogens (tertiary/aromatic N) is 5. The van der Waals surface area contributed by atoms with Gasteiger partial charge in [-0.05, 0) is 60.2 Å². The van der Waals surface area contributed by atoms with Crippen LogP contribution in [0.25, 0.3) is 122 Å². The molecule has 294 valence electrons. The van der Waals surface area contributed by atoms with E-state index in [1.54, 1.807) is 0 Å². The van der Waals surface area contributed by atoms with Crippen molar-refractivity contribution in [1.29, 1.82) is 0 Å². The fraction of sp³-hybridized carbons (Fsp3) is 0. The summed E-state index contributed by atoms with van der Waals surface area (Å²) in [5.41, 5.74) is 13.3. The topological polar surface area (TPSA) is 61.7 Å². The second-order valence-electron chi connectivity index (χ2n) is 16.0. The van der Waals surface area contributed by atoms with E-state index in [0.29, 0.717) is 17.5 Å². The van der Waals surface area contributed by atoms with Crippen molar-refractivity contribution in [3.8, 4) is 56.7 Å². The molecule has 0 bridgehead atoms. The minimum Gasteiger partial charge on any atom is -0.453 e. The number of para-hydroxylation sites is 4. The zero-order valence-corrected chi connectivity index (χ0v) is 33.9. The van der Waals surface area contributed by atoms with Crippen LogP contribution in [0.5, 0.6) is 0 Å². The van der Waals surface area contributed by atoms with Crippen molar-refractivity contribution in [2.45, 2.75) is 0 Å². The van der Waals surface area contributed by atoms with Crippen LogP contribution in [0.4, 0.5) is 0 Å². The molecule has 0 aliphatic rings. The van der Waals surface area contributed by atoms with Gasteiger partial charge in [0.05, 0.1) is 22.1 Å². The number of hydrogen-bond acceptors (Lipinski definition) is 4. The van der Waals surface area contributed by atoms with Crippen LogP contribution < -0.4 is 0 Å². The monoisotopic (exact) mass is 805 g/mol. The Labute approximate surface area is 361 Å². The molecule has 0 amide bonds. The van der Waals surface area contributed by atoms with Crippen molar-refractivity contribution in [1.82, 2.24) is 24.1 Å². The van der Waals surface area contributed by atoms with Crippen LogP contribution in [0.15, 0.2) is 217 Å². The molecule has 9 aromatic carbocycles. The van der Waals surface area contributed by atoms with E-state index < -0.39 is 0 Å². The second-order valence-corrected chi connectivity index (χ2v) is 16.0. The van der Waals surface area contributed by atoms with E-state index in [1.807, 2.05) is 60.7 Å². The van der Waals surface area contributed by atoms with Gasteiger partial charge in [0, 0.05) is 65.9 Å². The van der Waals surface area contributed by atoms with Crippen molar-refractivity contribution in [3.05, 3.63) is 212 Å². The van der Waals surface area contributed by atoms with Gasteiger partial charge >= 0.3 is 0 Å². The lowest BCUT2D eigenvalue weighted by Crippen LogP contribution is -2.01. The van der Waals surface area contributed by atoms with Gasteiger partial charge in [-0.3, -0.25) is 0 Å². The lowest BCUT2D eigenvalue weighted by molar-refractivity contribution is 0.672. The zero-order valence-electron chi connectivity index (χ0n) is 33.9. The van der Waals surface area contributed by atoms with Crippen LogP contribution >= 0.6 is 0 Å². The van der Waals surface area contributed by atoms with E-state index >= 15 is 0 Å². The predicted molar refractivity (Wildman–Crippen MR) is 258 cm³/mol. The number of rotatable bonds is 6. The number of hydrogen-bond donors (Lipinski definition) is 0. The minimum absolute atomic E-state index is 0.618. The Hall–Kier alpha value is -8.61. The molecule has 0 atom stereocenters.